The van der Waals surface area contributed by atoms with Crippen LogP contribution in [0.1, 0.15) is 11.3 Å². The Morgan fingerprint density at radius 3 is 2.16 bits per heavy atom. The summed E-state index contributed by atoms with van der Waals surface area (Å²) >= 11 is 11.7. The van der Waals surface area contributed by atoms with Gasteiger partial charge in [0.1, 0.15) is 0 Å². The SMILES string of the molecule is Cc1cc(NS(=O)(=O)c2ccc(Cl)cc2)nn1Cc1ccc(Cl)cc1. The van der Waals surface area contributed by atoms with Gasteiger partial charge >= 0.3 is 0 Å². The molecule has 0 aliphatic rings. The van der Waals surface area contributed by atoms with Gasteiger partial charge in [-0.3, -0.25) is 9.40 Å². The summed E-state index contributed by atoms with van der Waals surface area (Å²) < 4.78 is 29.0. The van der Waals surface area contributed by atoms with Gasteiger partial charge in [0.2, 0.25) is 0 Å². The number of halogens is 2. The van der Waals surface area contributed by atoms with Crippen molar-refractivity contribution in [3.05, 3.63) is 75.9 Å². The largest absolute Gasteiger partial charge is 0.263 e. The molecule has 0 saturated carbocycles. The summed E-state index contributed by atoms with van der Waals surface area (Å²) in [6.07, 6.45) is 0. The summed E-state index contributed by atoms with van der Waals surface area (Å²) in [4.78, 5) is 0.127. The predicted molar refractivity (Wildman–Crippen MR) is 99.8 cm³/mol. The number of sulfonamides is 1. The number of rotatable bonds is 5. The van der Waals surface area contributed by atoms with Crippen molar-refractivity contribution in [2.75, 3.05) is 4.72 Å². The van der Waals surface area contributed by atoms with E-state index < -0.39 is 10.0 Å². The van der Waals surface area contributed by atoms with Crippen molar-refractivity contribution < 1.29 is 8.42 Å². The first-order valence-corrected chi connectivity index (χ1v) is 9.65. The lowest BCUT2D eigenvalue weighted by Gasteiger charge is -2.06. The lowest BCUT2D eigenvalue weighted by Crippen LogP contribution is -2.13. The van der Waals surface area contributed by atoms with E-state index >= 15 is 0 Å². The molecule has 1 N–H and O–H groups in total. The second kappa shape index (κ2) is 7.07. The average Bonchev–Trinajstić information content (AvgIpc) is 2.88. The van der Waals surface area contributed by atoms with Gasteiger partial charge in [0.25, 0.3) is 10.0 Å². The molecular weight excluding hydrogens is 381 g/mol. The molecule has 8 heteroatoms. The highest BCUT2D eigenvalue weighted by molar-refractivity contribution is 7.92. The van der Waals surface area contributed by atoms with Crippen LogP contribution in [-0.2, 0) is 16.6 Å². The van der Waals surface area contributed by atoms with Crippen molar-refractivity contribution in [1.82, 2.24) is 9.78 Å². The molecule has 1 heterocycles. The molecule has 130 valence electrons. The lowest BCUT2D eigenvalue weighted by atomic mass is 10.2. The first kappa shape index (κ1) is 17.8. The van der Waals surface area contributed by atoms with Gasteiger partial charge in [-0.1, -0.05) is 35.3 Å². The zero-order valence-electron chi connectivity index (χ0n) is 13.3. The summed E-state index contributed by atoms with van der Waals surface area (Å²) in [7, 11) is -3.71. The Bertz CT molecular complexity index is 982. The number of hydrogen-bond donors (Lipinski definition) is 1. The van der Waals surface area contributed by atoms with E-state index in [1.165, 1.54) is 24.3 Å². The molecule has 0 aliphatic heterocycles. The molecule has 3 aromatic rings. The standard InChI is InChI=1S/C17H15Cl2N3O2S/c1-12-10-17(20-22(12)11-13-2-4-14(18)5-3-13)21-25(23,24)16-8-6-15(19)7-9-16/h2-10H,11H2,1H3,(H,20,21). The van der Waals surface area contributed by atoms with Crippen LogP contribution < -0.4 is 4.72 Å². The third kappa shape index (κ3) is 4.34. The maximum Gasteiger partial charge on any atom is 0.263 e. The highest BCUT2D eigenvalue weighted by atomic mass is 35.5. The molecule has 0 atom stereocenters. The second-order valence-corrected chi connectivity index (χ2v) is 8.07. The monoisotopic (exact) mass is 395 g/mol. The molecular formula is C17H15Cl2N3O2S. The maximum absolute atomic E-state index is 12.4. The van der Waals surface area contributed by atoms with Crippen molar-refractivity contribution in [2.45, 2.75) is 18.4 Å². The van der Waals surface area contributed by atoms with Crippen LogP contribution in [0.15, 0.2) is 59.5 Å². The van der Waals surface area contributed by atoms with Gasteiger partial charge in [-0.05, 0) is 48.9 Å². The molecule has 3 rings (SSSR count). The Kier molecular flexibility index (Phi) is 5.03. The highest BCUT2D eigenvalue weighted by Crippen LogP contribution is 2.19. The molecule has 5 nitrogen and oxygen atoms in total. The smallest absolute Gasteiger partial charge is 0.263 e. The van der Waals surface area contributed by atoms with Crippen LogP contribution in [0.3, 0.4) is 0 Å². The Hall–Kier alpha value is -2.02. The Labute approximate surface area is 156 Å². The average molecular weight is 396 g/mol. The molecule has 0 bridgehead atoms. The summed E-state index contributed by atoms with van der Waals surface area (Å²) in [5, 5.41) is 5.46. The number of aryl methyl sites for hydroxylation is 1. The zero-order chi connectivity index (χ0) is 18.0. The molecule has 0 amide bonds. The highest BCUT2D eigenvalue weighted by Gasteiger charge is 2.16. The van der Waals surface area contributed by atoms with E-state index in [9.17, 15) is 8.42 Å². The van der Waals surface area contributed by atoms with Gasteiger partial charge < -0.3 is 0 Å². The second-order valence-electron chi connectivity index (χ2n) is 5.51. The van der Waals surface area contributed by atoms with Gasteiger partial charge in [-0.15, -0.1) is 0 Å². The number of benzene rings is 2. The van der Waals surface area contributed by atoms with Crippen molar-refractivity contribution in [2.24, 2.45) is 0 Å². The zero-order valence-corrected chi connectivity index (χ0v) is 15.6. The van der Waals surface area contributed by atoms with E-state index in [2.05, 4.69) is 9.82 Å². The molecule has 0 saturated heterocycles. The van der Waals surface area contributed by atoms with E-state index in [-0.39, 0.29) is 10.7 Å². The van der Waals surface area contributed by atoms with Gasteiger partial charge in [0.05, 0.1) is 11.4 Å². The van der Waals surface area contributed by atoms with Crippen LogP contribution in [-0.4, -0.2) is 18.2 Å². The number of anilines is 1. The Morgan fingerprint density at radius 1 is 1.00 bits per heavy atom. The number of aromatic nitrogens is 2. The molecule has 0 radical (unpaired) electrons. The fourth-order valence-corrected chi connectivity index (χ4v) is 3.53. The topological polar surface area (TPSA) is 64.0 Å². The normalized spacial score (nSPS) is 11.5. The summed E-state index contributed by atoms with van der Waals surface area (Å²) in [6.45, 7) is 2.38. The molecule has 0 spiro atoms. The van der Waals surface area contributed by atoms with Crippen molar-refractivity contribution >= 4 is 39.0 Å². The maximum atomic E-state index is 12.4. The van der Waals surface area contributed by atoms with Crippen molar-refractivity contribution in [3.63, 3.8) is 0 Å². The fraction of sp³-hybridized carbons (Fsp3) is 0.118. The third-order valence-electron chi connectivity index (χ3n) is 3.59. The van der Waals surface area contributed by atoms with Crippen LogP contribution in [0.5, 0.6) is 0 Å². The first-order valence-electron chi connectivity index (χ1n) is 7.41. The van der Waals surface area contributed by atoms with Crippen LogP contribution in [0, 0.1) is 6.92 Å². The van der Waals surface area contributed by atoms with Crippen LogP contribution >= 0.6 is 23.2 Å². The van der Waals surface area contributed by atoms with E-state index in [0.29, 0.717) is 16.6 Å². The quantitative estimate of drug-likeness (QED) is 0.698. The third-order valence-corrected chi connectivity index (χ3v) is 5.46. The minimum Gasteiger partial charge on any atom is -0.263 e. The first-order chi connectivity index (χ1) is 11.8. The minimum absolute atomic E-state index is 0.127. The van der Waals surface area contributed by atoms with E-state index in [0.717, 1.165) is 11.3 Å². The van der Waals surface area contributed by atoms with Crippen LogP contribution in [0.4, 0.5) is 5.82 Å². The van der Waals surface area contributed by atoms with Gasteiger partial charge in [0.15, 0.2) is 5.82 Å². The molecule has 0 fully saturated rings. The predicted octanol–water partition coefficient (Wildman–Crippen LogP) is 4.35. The Morgan fingerprint density at radius 2 is 1.56 bits per heavy atom. The fourth-order valence-electron chi connectivity index (χ4n) is 2.29. The lowest BCUT2D eigenvalue weighted by molar-refractivity contribution is 0.600. The molecule has 0 unspecified atom stereocenters. The summed E-state index contributed by atoms with van der Waals surface area (Å²) in [6, 6.07) is 15.1. The number of nitrogens with zero attached hydrogens (tertiary/aromatic N) is 2. The Balaban J connectivity index is 1.80. The molecule has 1 aromatic heterocycles. The minimum atomic E-state index is -3.71. The summed E-state index contributed by atoms with van der Waals surface area (Å²) in [5.41, 5.74) is 1.85. The number of hydrogen-bond acceptors (Lipinski definition) is 3. The van der Waals surface area contributed by atoms with Gasteiger partial charge in [0, 0.05) is 21.8 Å². The van der Waals surface area contributed by atoms with Crippen LogP contribution in [0.2, 0.25) is 10.0 Å². The molecule has 25 heavy (non-hydrogen) atoms. The summed E-state index contributed by atoms with van der Waals surface area (Å²) in [5.74, 6) is 0.265. The number of nitrogens with one attached hydrogen (secondary N) is 1. The molecule has 0 aliphatic carbocycles. The van der Waals surface area contributed by atoms with Crippen molar-refractivity contribution in [3.8, 4) is 0 Å². The van der Waals surface area contributed by atoms with E-state index in [1.807, 2.05) is 19.1 Å². The van der Waals surface area contributed by atoms with E-state index in [4.69, 9.17) is 23.2 Å². The van der Waals surface area contributed by atoms with Gasteiger partial charge in [-0.2, -0.15) is 5.10 Å². The van der Waals surface area contributed by atoms with E-state index in [1.54, 1.807) is 22.9 Å². The van der Waals surface area contributed by atoms with Crippen molar-refractivity contribution in [1.29, 1.82) is 0 Å². The van der Waals surface area contributed by atoms with Gasteiger partial charge in [-0.25, -0.2) is 8.42 Å². The van der Waals surface area contributed by atoms with Crippen LogP contribution in [0.25, 0.3) is 0 Å². The molecule has 2 aromatic carbocycles.